The van der Waals surface area contributed by atoms with Gasteiger partial charge in [-0.15, -0.1) is 11.6 Å². The summed E-state index contributed by atoms with van der Waals surface area (Å²) in [6, 6.07) is 0. The molecule has 2 aromatic rings. The molecule has 104 valence electrons. The van der Waals surface area contributed by atoms with E-state index in [1.54, 1.807) is 7.11 Å². The number of nitrogens with zero attached hydrogens (tertiary/aromatic N) is 4. The second-order valence-corrected chi connectivity index (χ2v) is 5.75. The summed E-state index contributed by atoms with van der Waals surface area (Å²) in [4.78, 5) is 12.9. The first kappa shape index (κ1) is 14.4. The Morgan fingerprint density at radius 2 is 2.26 bits per heavy atom. The molecule has 0 N–H and O–H groups in total. The quantitative estimate of drug-likeness (QED) is 0.768. The van der Waals surface area contributed by atoms with Crippen molar-refractivity contribution in [1.82, 2.24) is 19.5 Å². The highest BCUT2D eigenvalue weighted by Gasteiger charge is 2.16. The molecule has 7 heteroatoms. The number of imidazole rings is 1. The molecule has 0 spiro atoms. The van der Waals surface area contributed by atoms with Crippen LogP contribution in [0.4, 0.5) is 0 Å². The summed E-state index contributed by atoms with van der Waals surface area (Å²) in [5.74, 6) is 1.66. The number of ether oxygens (including phenoxy) is 1. The molecule has 0 saturated carbocycles. The largest absolute Gasteiger partial charge is 0.479 e. The summed E-state index contributed by atoms with van der Waals surface area (Å²) in [5.41, 5.74) is 1.47. The van der Waals surface area contributed by atoms with Crippen molar-refractivity contribution in [2.45, 2.75) is 31.0 Å². The number of rotatable bonds is 6. The summed E-state index contributed by atoms with van der Waals surface area (Å²) in [5, 5.41) is 0.587. The molecule has 2 heterocycles. The summed E-state index contributed by atoms with van der Waals surface area (Å²) in [6.45, 7) is 3.06. The van der Waals surface area contributed by atoms with Crippen LogP contribution < -0.4 is 4.74 Å². The highest BCUT2D eigenvalue weighted by atomic mass is 35.5. The maximum atomic E-state index is 5.97. The Morgan fingerprint density at radius 3 is 2.89 bits per heavy atom. The molecule has 2 aromatic heterocycles. The van der Waals surface area contributed by atoms with E-state index >= 15 is 0 Å². The SMILES string of the molecule is COc1ncnc2c1nc(CCl)n2CCC(C)SC. The van der Waals surface area contributed by atoms with Gasteiger partial charge in [-0.2, -0.15) is 16.7 Å². The van der Waals surface area contributed by atoms with Gasteiger partial charge in [-0.05, 0) is 12.7 Å². The molecule has 0 bridgehead atoms. The Labute approximate surface area is 121 Å². The molecule has 0 amide bonds. The number of halogens is 1. The van der Waals surface area contributed by atoms with Crippen LogP contribution in [0.3, 0.4) is 0 Å². The summed E-state index contributed by atoms with van der Waals surface area (Å²) in [7, 11) is 1.58. The highest BCUT2D eigenvalue weighted by Crippen LogP contribution is 2.23. The lowest BCUT2D eigenvalue weighted by Crippen LogP contribution is -2.08. The summed E-state index contributed by atoms with van der Waals surface area (Å²) >= 11 is 7.82. The van der Waals surface area contributed by atoms with Crippen molar-refractivity contribution < 1.29 is 4.74 Å². The average Bonchev–Trinajstić information content (AvgIpc) is 2.82. The average molecular weight is 301 g/mol. The van der Waals surface area contributed by atoms with Crippen molar-refractivity contribution in [3.63, 3.8) is 0 Å². The maximum Gasteiger partial charge on any atom is 0.245 e. The minimum atomic E-state index is 0.354. The minimum absolute atomic E-state index is 0.354. The lowest BCUT2D eigenvalue weighted by Gasteiger charge is -2.10. The Morgan fingerprint density at radius 1 is 1.47 bits per heavy atom. The minimum Gasteiger partial charge on any atom is -0.479 e. The molecule has 19 heavy (non-hydrogen) atoms. The summed E-state index contributed by atoms with van der Waals surface area (Å²) in [6.07, 6.45) is 4.66. The standard InChI is InChI=1S/C12H17ClN4OS/c1-8(19-3)4-5-17-9(6-13)16-10-11(17)14-7-15-12(10)18-2/h7-8H,4-6H2,1-3H3. The molecule has 0 fully saturated rings. The predicted molar refractivity (Wildman–Crippen MR) is 79.0 cm³/mol. The fraction of sp³-hybridized carbons (Fsp3) is 0.583. The predicted octanol–water partition coefficient (Wildman–Crippen LogP) is 2.72. The number of aromatic nitrogens is 4. The van der Waals surface area contributed by atoms with E-state index in [-0.39, 0.29) is 0 Å². The molecule has 2 rings (SSSR count). The zero-order chi connectivity index (χ0) is 13.8. The third-order valence-corrected chi connectivity index (χ3v) is 4.33. The lowest BCUT2D eigenvalue weighted by molar-refractivity contribution is 0.401. The van der Waals surface area contributed by atoms with Gasteiger partial charge in [0.25, 0.3) is 0 Å². The first-order chi connectivity index (χ1) is 9.21. The van der Waals surface area contributed by atoms with E-state index < -0.39 is 0 Å². The highest BCUT2D eigenvalue weighted by molar-refractivity contribution is 7.99. The zero-order valence-corrected chi connectivity index (χ0v) is 12.8. The fourth-order valence-electron chi connectivity index (χ4n) is 1.88. The van der Waals surface area contributed by atoms with Gasteiger partial charge in [-0.1, -0.05) is 6.92 Å². The Kier molecular flexibility index (Phi) is 4.87. The van der Waals surface area contributed by atoms with Crippen molar-refractivity contribution in [1.29, 1.82) is 0 Å². The van der Waals surface area contributed by atoms with Crippen LogP contribution >= 0.6 is 23.4 Å². The van der Waals surface area contributed by atoms with Crippen LogP contribution in [0.25, 0.3) is 11.2 Å². The molecule has 0 saturated heterocycles. The number of alkyl halides is 1. The number of hydrogen-bond donors (Lipinski definition) is 0. The Bertz CT molecular complexity index is 560. The second-order valence-electron chi connectivity index (χ2n) is 4.20. The first-order valence-corrected chi connectivity index (χ1v) is 7.86. The van der Waals surface area contributed by atoms with Crippen molar-refractivity contribution in [2.75, 3.05) is 13.4 Å². The first-order valence-electron chi connectivity index (χ1n) is 6.04. The molecule has 0 aromatic carbocycles. The van der Waals surface area contributed by atoms with Gasteiger partial charge >= 0.3 is 0 Å². The van der Waals surface area contributed by atoms with E-state index in [0.717, 1.165) is 24.4 Å². The van der Waals surface area contributed by atoms with Gasteiger partial charge in [0.15, 0.2) is 11.2 Å². The maximum absolute atomic E-state index is 5.97. The van der Waals surface area contributed by atoms with Crippen LogP contribution in [0.5, 0.6) is 5.88 Å². The number of thioether (sulfide) groups is 1. The Hall–Kier alpha value is -1.01. The van der Waals surface area contributed by atoms with Crippen LogP contribution in [0.2, 0.25) is 0 Å². The molecule has 0 radical (unpaired) electrons. The van der Waals surface area contributed by atoms with E-state index in [4.69, 9.17) is 16.3 Å². The van der Waals surface area contributed by atoms with Gasteiger partial charge in [-0.3, -0.25) is 0 Å². The van der Waals surface area contributed by atoms with Crippen molar-refractivity contribution >= 4 is 34.5 Å². The molecule has 0 aliphatic carbocycles. The van der Waals surface area contributed by atoms with E-state index in [1.807, 2.05) is 11.8 Å². The van der Waals surface area contributed by atoms with Crippen molar-refractivity contribution in [2.24, 2.45) is 0 Å². The third-order valence-electron chi connectivity index (χ3n) is 3.05. The van der Waals surface area contributed by atoms with E-state index in [0.29, 0.717) is 22.5 Å². The van der Waals surface area contributed by atoms with Crippen LogP contribution in [-0.4, -0.2) is 38.1 Å². The lowest BCUT2D eigenvalue weighted by atomic mass is 10.3. The topological polar surface area (TPSA) is 52.8 Å². The van der Waals surface area contributed by atoms with Crippen molar-refractivity contribution in [3.8, 4) is 5.88 Å². The fourth-order valence-corrected chi connectivity index (χ4v) is 2.42. The van der Waals surface area contributed by atoms with Gasteiger partial charge < -0.3 is 9.30 Å². The Balaban J connectivity index is 2.40. The molecule has 0 aliphatic heterocycles. The summed E-state index contributed by atoms with van der Waals surface area (Å²) < 4.78 is 7.27. The van der Waals surface area contributed by atoms with Gasteiger partial charge in [0, 0.05) is 11.8 Å². The normalized spacial score (nSPS) is 12.8. The molecular formula is C12H17ClN4OS. The van der Waals surface area contributed by atoms with Crippen LogP contribution in [0, 0.1) is 0 Å². The molecular weight excluding hydrogens is 284 g/mol. The van der Waals surface area contributed by atoms with Gasteiger partial charge in [0.2, 0.25) is 5.88 Å². The van der Waals surface area contributed by atoms with Gasteiger partial charge in [0.1, 0.15) is 12.2 Å². The number of methoxy groups -OCH3 is 1. The smallest absolute Gasteiger partial charge is 0.245 e. The molecule has 1 unspecified atom stereocenters. The van der Waals surface area contributed by atoms with Crippen molar-refractivity contribution in [3.05, 3.63) is 12.2 Å². The number of aryl methyl sites for hydroxylation is 1. The van der Waals surface area contributed by atoms with Crippen LogP contribution in [0.15, 0.2) is 6.33 Å². The van der Waals surface area contributed by atoms with E-state index in [9.17, 15) is 0 Å². The van der Waals surface area contributed by atoms with Gasteiger partial charge in [0.05, 0.1) is 13.0 Å². The molecule has 0 aliphatic rings. The number of hydrogen-bond acceptors (Lipinski definition) is 5. The number of fused-ring (bicyclic) bond motifs is 1. The zero-order valence-electron chi connectivity index (χ0n) is 11.3. The van der Waals surface area contributed by atoms with Gasteiger partial charge in [-0.25, -0.2) is 9.97 Å². The van der Waals surface area contributed by atoms with E-state index in [2.05, 4.69) is 32.7 Å². The third kappa shape index (κ3) is 2.95. The monoisotopic (exact) mass is 300 g/mol. The van der Waals surface area contributed by atoms with E-state index in [1.165, 1.54) is 6.33 Å². The molecule has 5 nitrogen and oxygen atoms in total. The molecule has 1 atom stereocenters. The second kappa shape index (κ2) is 6.43. The van der Waals surface area contributed by atoms with Crippen LogP contribution in [0.1, 0.15) is 19.2 Å². The van der Waals surface area contributed by atoms with Crippen LogP contribution in [-0.2, 0) is 12.4 Å².